The van der Waals surface area contributed by atoms with E-state index in [1.54, 1.807) is 24.3 Å². The summed E-state index contributed by atoms with van der Waals surface area (Å²) in [6, 6.07) is 18.2. The Morgan fingerprint density at radius 1 is 1.00 bits per heavy atom. The third kappa shape index (κ3) is 5.95. The first kappa shape index (κ1) is 20.2. The van der Waals surface area contributed by atoms with Crippen molar-refractivity contribution >= 4 is 23.5 Å². The zero-order chi connectivity index (χ0) is 19.6. The van der Waals surface area contributed by atoms with Gasteiger partial charge in [-0.2, -0.15) is 0 Å². The molecule has 2 rings (SSSR count). The molecule has 0 bridgehead atoms. The molecule has 27 heavy (non-hydrogen) atoms. The molecule has 0 radical (unpaired) electrons. The van der Waals surface area contributed by atoms with Gasteiger partial charge >= 0.3 is 5.97 Å². The van der Waals surface area contributed by atoms with Gasteiger partial charge in [-0.3, -0.25) is 14.4 Å². The SMILES string of the molecule is CCC(C(=O)OCC(=O)N(CCC(N)=O)c1ccccc1)c1ccccc1. The summed E-state index contributed by atoms with van der Waals surface area (Å²) in [5.41, 5.74) is 6.67. The Kier molecular flexibility index (Phi) is 7.55. The van der Waals surface area contributed by atoms with E-state index in [1.807, 2.05) is 43.3 Å². The van der Waals surface area contributed by atoms with E-state index in [0.717, 1.165) is 5.56 Å². The van der Waals surface area contributed by atoms with Crippen molar-refractivity contribution in [2.24, 2.45) is 5.73 Å². The third-order valence-electron chi connectivity index (χ3n) is 4.18. The van der Waals surface area contributed by atoms with Crippen LogP contribution in [0.4, 0.5) is 5.69 Å². The Morgan fingerprint density at radius 3 is 2.15 bits per heavy atom. The van der Waals surface area contributed by atoms with Crippen LogP contribution in [0, 0.1) is 0 Å². The number of anilines is 1. The zero-order valence-electron chi connectivity index (χ0n) is 15.3. The lowest BCUT2D eigenvalue weighted by Crippen LogP contribution is -2.37. The first-order chi connectivity index (χ1) is 13.0. The van der Waals surface area contributed by atoms with Crippen LogP contribution < -0.4 is 10.6 Å². The Labute approximate surface area is 158 Å². The average Bonchev–Trinajstić information content (AvgIpc) is 2.68. The fourth-order valence-electron chi connectivity index (χ4n) is 2.76. The van der Waals surface area contributed by atoms with E-state index < -0.39 is 30.3 Å². The second-order valence-electron chi connectivity index (χ2n) is 6.08. The van der Waals surface area contributed by atoms with Gasteiger partial charge in [0.1, 0.15) is 0 Å². The van der Waals surface area contributed by atoms with Crippen LogP contribution in [0.15, 0.2) is 60.7 Å². The van der Waals surface area contributed by atoms with E-state index in [0.29, 0.717) is 12.1 Å². The minimum Gasteiger partial charge on any atom is -0.455 e. The summed E-state index contributed by atoms with van der Waals surface area (Å²) in [4.78, 5) is 37.6. The van der Waals surface area contributed by atoms with Crippen molar-refractivity contribution in [1.82, 2.24) is 0 Å². The monoisotopic (exact) mass is 368 g/mol. The molecule has 0 saturated heterocycles. The number of carbonyl (C=O) groups is 3. The van der Waals surface area contributed by atoms with Crippen LogP contribution >= 0.6 is 0 Å². The topological polar surface area (TPSA) is 89.7 Å². The first-order valence-electron chi connectivity index (χ1n) is 8.88. The molecular formula is C21H24N2O4. The highest BCUT2D eigenvalue weighted by Gasteiger charge is 2.23. The van der Waals surface area contributed by atoms with Gasteiger partial charge in [0, 0.05) is 18.7 Å². The van der Waals surface area contributed by atoms with Crippen molar-refractivity contribution in [3.05, 3.63) is 66.2 Å². The standard InChI is InChI=1S/C21H24N2O4/c1-2-18(16-9-5-3-6-10-16)21(26)27-15-20(25)23(14-13-19(22)24)17-11-7-4-8-12-17/h3-12,18H,2,13-15H2,1H3,(H2,22,24). The molecule has 0 aliphatic carbocycles. The Morgan fingerprint density at radius 2 is 1.59 bits per heavy atom. The number of carbonyl (C=O) groups excluding carboxylic acids is 3. The number of nitrogens with two attached hydrogens (primary N) is 1. The molecule has 0 saturated carbocycles. The lowest BCUT2D eigenvalue weighted by Gasteiger charge is -2.23. The van der Waals surface area contributed by atoms with Crippen LogP contribution in [0.5, 0.6) is 0 Å². The molecule has 6 nitrogen and oxygen atoms in total. The Hall–Kier alpha value is -3.15. The van der Waals surface area contributed by atoms with Crippen molar-refractivity contribution in [3.8, 4) is 0 Å². The van der Waals surface area contributed by atoms with Crippen molar-refractivity contribution in [2.45, 2.75) is 25.7 Å². The molecule has 0 heterocycles. The van der Waals surface area contributed by atoms with Crippen molar-refractivity contribution in [3.63, 3.8) is 0 Å². The molecule has 2 aromatic rings. The number of benzene rings is 2. The van der Waals surface area contributed by atoms with E-state index >= 15 is 0 Å². The molecule has 2 N–H and O–H groups in total. The van der Waals surface area contributed by atoms with Crippen LogP contribution in [0.1, 0.15) is 31.2 Å². The van der Waals surface area contributed by atoms with E-state index in [4.69, 9.17) is 10.5 Å². The molecule has 142 valence electrons. The summed E-state index contributed by atoms with van der Waals surface area (Å²) < 4.78 is 5.27. The van der Waals surface area contributed by atoms with Crippen LogP contribution in [0.3, 0.4) is 0 Å². The molecular weight excluding hydrogens is 344 g/mol. The normalized spacial score (nSPS) is 11.4. The molecule has 2 aromatic carbocycles. The molecule has 1 atom stereocenters. The fourth-order valence-corrected chi connectivity index (χ4v) is 2.76. The summed E-state index contributed by atoms with van der Waals surface area (Å²) in [7, 11) is 0. The summed E-state index contributed by atoms with van der Waals surface area (Å²) in [5.74, 6) is -1.77. The fraction of sp³-hybridized carbons (Fsp3) is 0.286. The van der Waals surface area contributed by atoms with Gasteiger partial charge in [0.25, 0.3) is 5.91 Å². The number of nitrogens with zero attached hydrogens (tertiary/aromatic N) is 1. The summed E-state index contributed by atoms with van der Waals surface area (Å²) in [5, 5.41) is 0. The number of hydrogen-bond donors (Lipinski definition) is 1. The molecule has 6 heteroatoms. The number of ether oxygens (including phenoxy) is 1. The second-order valence-corrected chi connectivity index (χ2v) is 6.08. The van der Waals surface area contributed by atoms with Gasteiger partial charge in [0.2, 0.25) is 5.91 Å². The van der Waals surface area contributed by atoms with Gasteiger partial charge in [-0.25, -0.2) is 0 Å². The van der Waals surface area contributed by atoms with Crippen molar-refractivity contribution in [2.75, 3.05) is 18.1 Å². The van der Waals surface area contributed by atoms with Gasteiger partial charge in [0.15, 0.2) is 6.61 Å². The summed E-state index contributed by atoms with van der Waals surface area (Å²) >= 11 is 0. The second kappa shape index (κ2) is 10.1. The maximum Gasteiger partial charge on any atom is 0.313 e. The van der Waals surface area contributed by atoms with Crippen LogP contribution in [0.2, 0.25) is 0 Å². The van der Waals surface area contributed by atoms with Crippen molar-refractivity contribution < 1.29 is 19.1 Å². The quantitative estimate of drug-likeness (QED) is 0.689. The summed E-state index contributed by atoms with van der Waals surface area (Å²) in [6.07, 6.45) is 0.595. The summed E-state index contributed by atoms with van der Waals surface area (Å²) in [6.45, 7) is 1.63. The number of primary amides is 1. The van der Waals surface area contributed by atoms with Crippen LogP contribution in [-0.4, -0.2) is 30.9 Å². The minimum absolute atomic E-state index is 0.0240. The molecule has 0 aliphatic heterocycles. The molecule has 2 amide bonds. The maximum absolute atomic E-state index is 12.6. The number of para-hydroxylation sites is 1. The lowest BCUT2D eigenvalue weighted by molar-refractivity contribution is -0.149. The number of hydrogen-bond acceptors (Lipinski definition) is 4. The zero-order valence-corrected chi connectivity index (χ0v) is 15.3. The third-order valence-corrected chi connectivity index (χ3v) is 4.18. The van der Waals surface area contributed by atoms with E-state index in [1.165, 1.54) is 4.90 Å². The Bertz CT molecular complexity index is 762. The lowest BCUT2D eigenvalue weighted by atomic mass is 9.97. The molecule has 1 unspecified atom stereocenters. The molecule has 0 aromatic heterocycles. The van der Waals surface area contributed by atoms with Crippen LogP contribution in [-0.2, 0) is 19.1 Å². The van der Waals surface area contributed by atoms with Gasteiger partial charge in [-0.05, 0) is 24.1 Å². The average molecular weight is 368 g/mol. The molecule has 0 aliphatic rings. The van der Waals surface area contributed by atoms with E-state index in [2.05, 4.69) is 0 Å². The van der Waals surface area contributed by atoms with Crippen molar-refractivity contribution in [1.29, 1.82) is 0 Å². The molecule has 0 fully saturated rings. The minimum atomic E-state index is -0.504. The van der Waals surface area contributed by atoms with E-state index in [-0.39, 0.29) is 13.0 Å². The largest absolute Gasteiger partial charge is 0.455 e. The van der Waals surface area contributed by atoms with Gasteiger partial charge in [-0.15, -0.1) is 0 Å². The van der Waals surface area contributed by atoms with Crippen LogP contribution in [0.25, 0.3) is 0 Å². The smallest absolute Gasteiger partial charge is 0.313 e. The highest BCUT2D eigenvalue weighted by Crippen LogP contribution is 2.21. The number of esters is 1. The predicted octanol–water partition coefficient (Wildman–Crippen LogP) is 2.63. The van der Waals surface area contributed by atoms with Gasteiger partial charge in [-0.1, -0.05) is 55.5 Å². The number of amides is 2. The van der Waals surface area contributed by atoms with Gasteiger partial charge < -0.3 is 15.4 Å². The highest BCUT2D eigenvalue weighted by molar-refractivity contribution is 5.96. The Balaban J connectivity index is 2.03. The maximum atomic E-state index is 12.6. The first-order valence-corrected chi connectivity index (χ1v) is 8.88. The molecule has 0 spiro atoms. The van der Waals surface area contributed by atoms with E-state index in [9.17, 15) is 14.4 Å². The highest BCUT2D eigenvalue weighted by atomic mass is 16.5. The number of rotatable bonds is 9. The van der Waals surface area contributed by atoms with Gasteiger partial charge in [0.05, 0.1) is 5.92 Å². The predicted molar refractivity (Wildman–Crippen MR) is 103 cm³/mol.